The van der Waals surface area contributed by atoms with Crippen molar-refractivity contribution < 1.29 is 47.0 Å². The SMILES string of the molecule is CCCC1=C(C)c2nc1cc1[nH]c(c(C)c1CCC)c(-c1ccc(C[N+]34CC[C@@]56c7cc(OC)c(OC)cc7N7C(=O)C[C@@H]8OCC=C(C3)[C@H](C[C@@H]54)[C@@H]8[C@H]76)cc1)c1[nH]c(cc3nc(c2-c2ccc(C[N+]45CC[C@@]67c8cc(OC)c(OC)cc8N8C(=O)C[C@@H]9OCC=C(C4)[C@H](C[C@@H]65)[C@@H]9[C@H]87)cc2)C(C)=C3CCC)c(CCC)c1C. The van der Waals surface area contributed by atoms with Crippen molar-refractivity contribution in [1.82, 2.24) is 19.9 Å². The predicted molar refractivity (Wildman–Crippen MR) is 441 cm³/mol. The van der Waals surface area contributed by atoms with Crippen LogP contribution in [0.2, 0.25) is 0 Å². The normalized spacial score (nSPS) is 30.2. The first-order valence-corrected chi connectivity index (χ1v) is 42.4. The summed E-state index contributed by atoms with van der Waals surface area (Å²) in [7, 11) is 6.88. The first-order valence-electron chi connectivity index (χ1n) is 42.4. The summed E-state index contributed by atoms with van der Waals surface area (Å²) in [5.74, 6) is 4.34. The van der Waals surface area contributed by atoms with Crippen molar-refractivity contribution >= 4 is 67.5 Å². The highest BCUT2D eigenvalue weighted by molar-refractivity contribution is 6.05. The van der Waals surface area contributed by atoms with Gasteiger partial charge >= 0.3 is 0 Å². The molecule has 3 aromatic heterocycles. The lowest BCUT2D eigenvalue weighted by Crippen LogP contribution is -2.72. The molecule has 2 aliphatic carbocycles. The maximum Gasteiger partial charge on any atom is 0.229 e. The highest BCUT2D eigenvalue weighted by Gasteiger charge is 2.78. The molecule has 12 bridgehead atoms. The fourth-order valence-electron chi connectivity index (χ4n) is 26.8. The summed E-state index contributed by atoms with van der Waals surface area (Å²) >= 11 is 0. The number of nitrogens with zero attached hydrogens (tertiary/aromatic N) is 6. The summed E-state index contributed by atoms with van der Waals surface area (Å²) in [5.41, 5.74) is 33.1. The minimum Gasteiger partial charge on any atom is -0.493 e. The molecule has 16 nitrogen and oxygen atoms in total. The van der Waals surface area contributed by atoms with E-state index in [4.69, 9.17) is 38.4 Å². The molecule has 14 aliphatic rings. The molecule has 2 unspecified atom stereocenters. The molecule has 2 amide bonds. The first kappa shape index (κ1) is 70.8. The lowest BCUT2D eigenvalue weighted by Gasteiger charge is -2.60. The number of amides is 2. The Bertz CT molecular complexity index is 5420. The van der Waals surface area contributed by atoms with Gasteiger partial charge in [0.15, 0.2) is 23.0 Å². The van der Waals surface area contributed by atoms with Gasteiger partial charge in [-0.25, -0.2) is 9.97 Å². The Balaban J connectivity index is 0.699. The van der Waals surface area contributed by atoms with Gasteiger partial charge in [-0.2, -0.15) is 0 Å². The van der Waals surface area contributed by atoms with Gasteiger partial charge in [0.1, 0.15) is 38.3 Å². The van der Waals surface area contributed by atoms with Gasteiger partial charge in [-0.15, -0.1) is 0 Å². The molecule has 7 aromatic rings. The van der Waals surface area contributed by atoms with Crippen molar-refractivity contribution in [2.75, 3.05) is 77.6 Å². The first-order chi connectivity index (χ1) is 54.5. The number of rotatable bonds is 18. The number of H-pyrrole nitrogens is 2. The second-order valence-corrected chi connectivity index (χ2v) is 35.9. The maximum atomic E-state index is 14.7. The number of aryl methyl sites for hydroxylation is 4. The highest BCUT2D eigenvalue weighted by Crippen LogP contribution is 2.71. The molecule has 2 saturated carbocycles. The minimum atomic E-state index is -0.251. The van der Waals surface area contributed by atoms with Crippen LogP contribution in [-0.2, 0) is 55.8 Å². The average Bonchev–Trinajstić information content (AvgIpc) is 1.49. The number of carbonyl (C=O) groups is 2. The number of allylic oxidation sites excluding steroid dienone is 4. The monoisotopic (exact) mass is 1500 g/mol. The van der Waals surface area contributed by atoms with Crippen molar-refractivity contribution in [3.63, 3.8) is 0 Å². The summed E-state index contributed by atoms with van der Waals surface area (Å²) in [6.45, 7) is 25.5. The topological polar surface area (TPSA) is 153 Å². The molecular formula is C96H108N8O8+2. The van der Waals surface area contributed by atoms with Gasteiger partial charge in [0.2, 0.25) is 11.8 Å². The molecule has 0 radical (unpaired) electrons. The maximum absolute atomic E-state index is 14.7. The van der Waals surface area contributed by atoms with Crippen LogP contribution in [0.5, 0.6) is 23.0 Å². The second kappa shape index (κ2) is 25.7. The molecule has 12 aliphatic heterocycles. The van der Waals surface area contributed by atoms with Crippen LogP contribution in [0.3, 0.4) is 0 Å². The fourth-order valence-corrected chi connectivity index (χ4v) is 26.8. The van der Waals surface area contributed by atoms with E-state index in [0.29, 0.717) is 61.5 Å². The number of quaternary nitrogens is 2. The van der Waals surface area contributed by atoms with Gasteiger partial charge in [-0.3, -0.25) is 9.59 Å². The molecule has 578 valence electrons. The van der Waals surface area contributed by atoms with Crippen molar-refractivity contribution in [3.05, 3.63) is 176 Å². The molecule has 4 aromatic carbocycles. The fraction of sp³-hybridized carbons (Fsp3) is 0.479. The lowest BCUT2D eigenvalue weighted by molar-refractivity contribution is -0.955. The van der Waals surface area contributed by atoms with Crippen LogP contribution in [-0.4, -0.2) is 145 Å². The van der Waals surface area contributed by atoms with Crippen LogP contribution in [0.4, 0.5) is 11.4 Å². The summed E-state index contributed by atoms with van der Waals surface area (Å²) in [4.78, 5) is 54.3. The third kappa shape index (κ3) is 9.55. The number of ether oxygens (including phenoxy) is 6. The van der Waals surface area contributed by atoms with Crippen molar-refractivity contribution in [2.45, 2.75) is 206 Å². The number of hydrogen-bond acceptors (Lipinski definition) is 10. The van der Waals surface area contributed by atoms with Crippen LogP contribution in [0, 0.1) is 37.5 Å². The molecule has 8 fully saturated rings. The molecule has 21 rings (SSSR count). The van der Waals surface area contributed by atoms with Gasteiger partial charge in [-0.1, -0.05) is 114 Å². The van der Waals surface area contributed by atoms with Gasteiger partial charge in [0.25, 0.3) is 0 Å². The molecule has 15 heterocycles. The Kier molecular flexibility index (Phi) is 16.3. The zero-order valence-electron chi connectivity index (χ0n) is 67.5. The molecule has 16 heteroatoms. The number of hydrogen-bond donors (Lipinski definition) is 2. The molecule has 112 heavy (non-hydrogen) atoms. The van der Waals surface area contributed by atoms with Crippen molar-refractivity contribution in [1.29, 1.82) is 0 Å². The Hall–Kier alpha value is -9.06. The number of fused-ring (bicyclic) bond motifs is 12. The van der Waals surface area contributed by atoms with E-state index in [9.17, 15) is 9.59 Å². The molecular weight excluding hydrogens is 1390 g/mol. The van der Waals surface area contributed by atoms with E-state index < -0.39 is 0 Å². The van der Waals surface area contributed by atoms with Crippen LogP contribution in [0.1, 0.15) is 186 Å². The zero-order valence-corrected chi connectivity index (χ0v) is 67.5. The van der Waals surface area contributed by atoms with Crippen LogP contribution < -0.4 is 28.7 Å². The predicted octanol–water partition coefficient (Wildman–Crippen LogP) is 17.9. The number of carbonyl (C=O) groups excluding carboxylic acids is 2. The Morgan fingerprint density at radius 2 is 0.920 bits per heavy atom. The Morgan fingerprint density at radius 3 is 1.32 bits per heavy atom. The van der Waals surface area contributed by atoms with E-state index in [2.05, 4.69) is 172 Å². The van der Waals surface area contributed by atoms with Gasteiger partial charge < -0.3 is 57.2 Å². The van der Waals surface area contributed by atoms with E-state index in [1.54, 1.807) is 28.4 Å². The third-order valence-corrected chi connectivity index (χ3v) is 31.1. The Morgan fingerprint density at radius 1 is 0.518 bits per heavy atom. The number of benzene rings is 4. The zero-order chi connectivity index (χ0) is 76.5. The quantitative estimate of drug-likeness (QED) is 0.0627. The third-order valence-electron chi connectivity index (χ3n) is 31.1. The summed E-state index contributed by atoms with van der Waals surface area (Å²) in [6, 6.07) is 33.5. The largest absolute Gasteiger partial charge is 0.493 e. The van der Waals surface area contributed by atoms with E-state index in [0.717, 1.165) is 204 Å². The van der Waals surface area contributed by atoms with Crippen LogP contribution in [0.25, 0.3) is 66.6 Å². The van der Waals surface area contributed by atoms with Crippen molar-refractivity contribution in [3.8, 4) is 45.3 Å². The molecule has 2 N–H and O–H groups in total. The molecule has 6 saturated heterocycles. The Labute approximate surface area is 658 Å². The number of aromatic amines is 2. The summed E-state index contributed by atoms with van der Waals surface area (Å²) < 4.78 is 39.6. The number of aromatic nitrogens is 4. The lowest BCUT2D eigenvalue weighted by atomic mass is 9.53. The molecule has 2 spiro atoms. The van der Waals surface area contributed by atoms with E-state index in [1.165, 1.54) is 89.1 Å². The number of methoxy groups -OCH3 is 4. The minimum absolute atomic E-state index is 0.0115. The van der Waals surface area contributed by atoms with Crippen LogP contribution >= 0.6 is 0 Å². The van der Waals surface area contributed by atoms with E-state index >= 15 is 0 Å². The smallest absolute Gasteiger partial charge is 0.229 e. The van der Waals surface area contributed by atoms with Gasteiger partial charge in [0.05, 0.1) is 148 Å². The van der Waals surface area contributed by atoms with Gasteiger partial charge in [-0.05, 0) is 167 Å². The summed E-state index contributed by atoms with van der Waals surface area (Å²) in [5, 5.41) is 0. The van der Waals surface area contributed by atoms with E-state index in [1.807, 2.05) is 0 Å². The second-order valence-electron chi connectivity index (χ2n) is 35.9. The highest BCUT2D eigenvalue weighted by atomic mass is 16.5. The average molecular weight is 1500 g/mol. The summed E-state index contributed by atoms with van der Waals surface area (Å²) in [6.07, 6.45) is 17.2. The molecule has 14 atom stereocenters. The van der Waals surface area contributed by atoms with Crippen molar-refractivity contribution in [2.24, 2.45) is 23.7 Å². The van der Waals surface area contributed by atoms with Crippen LogP contribution in [0.15, 0.2) is 108 Å². The number of nitrogens with one attached hydrogen (secondary N) is 2. The number of anilines is 2. The van der Waals surface area contributed by atoms with E-state index in [-0.39, 0.29) is 58.8 Å². The van der Waals surface area contributed by atoms with Gasteiger partial charge in [0, 0.05) is 82.9 Å². The standard InChI is InChI=1S/C96H108N8O8/c1-13-17-61-51(5)89-85(57-25-21-55(22-26-57)47-103-33-31-95-67-39-75(107-9)77(109-11)43-73(67)101-83(105)45-79-87(93(95)101)65(37-81(95)103)59(49-103)29-35-111-79)90-53(7)63(19-15-3)71(99-90)42-72-64(20-16-4)54(8)92(100-72)86(91-52(6)62(18-14-2)70(98-91)41-69(61)97-89)58-27-23-56(24-28-58)48-104-34-32-96-68-40-76(108-10)78(110-12)44-74(68)102-84(106)46-80-88(94(96)102)66(38-82(96)104)60(50-104)30-36-112-80/h21-30,39-44,65-66,79-82,87-88,93-94,97,99H,13-20,31-38,45-50H2,1-12H3/q+2/t65-,66-,79-,80-,81-,82-,87-,88-,93-,94-,95+,96+,103?,104?/m0/s1. The number of piperidine rings is 4.